The average Bonchev–Trinajstić information content (AvgIpc) is 2.83. The second-order valence-corrected chi connectivity index (χ2v) is 7.11. The Bertz CT molecular complexity index is 945. The zero-order valence-corrected chi connectivity index (χ0v) is 14.8. The maximum atomic E-state index is 12.6. The van der Waals surface area contributed by atoms with E-state index < -0.39 is 16.4 Å². The molecule has 1 saturated heterocycles. The van der Waals surface area contributed by atoms with Crippen molar-refractivity contribution in [3.8, 4) is 5.75 Å². The average molecular weight is 393 g/mol. The van der Waals surface area contributed by atoms with Crippen molar-refractivity contribution < 1.29 is 14.8 Å². The molecular weight excluding hydrogens is 384 g/mol. The zero-order valence-electron chi connectivity index (χ0n) is 12.4. The van der Waals surface area contributed by atoms with Gasteiger partial charge in [-0.2, -0.15) is 0 Å². The molecule has 0 atom stereocenters. The molecule has 1 aliphatic heterocycles. The number of amides is 1. The number of rotatable bonds is 3. The molecule has 0 aliphatic carbocycles. The van der Waals surface area contributed by atoms with Crippen LogP contribution in [-0.2, 0) is 4.79 Å². The van der Waals surface area contributed by atoms with Gasteiger partial charge in [0.2, 0.25) is 0 Å². The second kappa shape index (κ2) is 6.83. The number of phenolic OH excluding ortho intramolecular Hbond substituents is 1. The summed E-state index contributed by atoms with van der Waals surface area (Å²) in [4.78, 5) is 24.5. The number of carbonyl (C=O) groups is 1. The van der Waals surface area contributed by atoms with E-state index in [0.717, 1.165) is 11.8 Å². The van der Waals surface area contributed by atoms with Crippen molar-refractivity contribution in [1.82, 2.24) is 0 Å². The van der Waals surface area contributed by atoms with Gasteiger partial charge in [-0.3, -0.25) is 19.8 Å². The van der Waals surface area contributed by atoms with Crippen molar-refractivity contribution in [1.29, 1.82) is 0 Å². The van der Waals surface area contributed by atoms with Crippen LogP contribution >= 0.6 is 35.6 Å². The Balaban J connectivity index is 1.96. The number of nitrogens with zero attached hydrogens (tertiary/aromatic N) is 2. The van der Waals surface area contributed by atoms with Gasteiger partial charge in [-0.05, 0) is 35.9 Å². The molecule has 6 nitrogen and oxygen atoms in total. The number of carbonyl (C=O) groups excluding carboxylic acids is 1. The summed E-state index contributed by atoms with van der Waals surface area (Å²) in [6.45, 7) is 0. The summed E-state index contributed by atoms with van der Waals surface area (Å²) >= 11 is 12.3. The van der Waals surface area contributed by atoms with Gasteiger partial charge in [-0.1, -0.05) is 47.7 Å². The van der Waals surface area contributed by atoms with Crippen molar-refractivity contribution in [2.24, 2.45) is 0 Å². The van der Waals surface area contributed by atoms with Crippen molar-refractivity contribution in [3.63, 3.8) is 0 Å². The number of hydrogen-bond acceptors (Lipinski definition) is 6. The Labute approximate surface area is 156 Å². The molecule has 0 bridgehead atoms. The first-order chi connectivity index (χ1) is 11.9. The van der Waals surface area contributed by atoms with E-state index in [1.807, 2.05) is 0 Å². The number of anilines is 1. The van der Waals surface area contributed by atoms with Crippen LogP contribution < -0.4 is 4.90 Å². The van der Waals surface area contributed by atoms with E-state index in [1.54, 1.807) is 24.3 Å². The van der Waals surface area contributed by atoms with E-state index in [1.165, 1.54) is 29.2 Å². The second-order valence-electron chi connectivity index (χ2n) is 5.00. The summed E-state index contributed by atoms with van der Waals surface area (Å²) in [5.41, 5.74) is 0.533. The van der Waals surface area contributed by atoms with Crippen LogP contribution in [0.15, 0.2) is 47.4 Å². The smallest absolute Gasteiger partial charge is 0.311 e. The van der Waals surface area contributed by atoms with Crippen LogP contribution in [-0.4, -0.2) is 20.3 Å². The molecule has 1 aliphatic rings. The standard InChI is InChI=1S/C16H9ClN2O4S2/c17-10-2-1-3-11(8-10)18-15(21)14(25-16(18)24)7-9-4-5-13(20)12(6-9)19(22)23/h1-8,20H/b14-7+. The molecule has 3 rings (SSSR count). The molecule has 0 spiro atoms. The number of benzene rings is 2. The molecular formula is C16H9ClN2O4S2. The molecule has 1 N–H and O–H groups in total. The molecule has 25 heavy (non-hydrogen) atoms. The quantitative estimate of drug-likeness (QED) is 0.361. The number of halogens is 1. The Hall–Kier alpha value is -2.42. The lowest BCUT2D eigenvalue weighted by atomic mass is 10.1. The molecule has 126 valence electrons. The third-order valence-electron chi connectivity index (χ3n) is 3.35. The lowest BCUT2D eigenvalue weighted by molar-refractivity contribution is -0.385. The number of hydrogen-bond donors (Lipinski definition) is 1. The monoisotopic (exact) mass is 392 g/mol. The first-order valence-electron chi connectivity index (χ1n) is 6.88. The number of thioether (sulfide) groups is 1. The van der Waals surface area contributed by atoms with Gasteiger partial charge in [-0.15, -0.1) is 0 Å². The van der Waals surface area contributed by atoms with E-state index >= 15 is 0 Å². The van der Waals surface area contributed by atoms with Gasteiger partial charge < -0.3 is 5.11 Å². The van der Waals surface area contributed by atoms with Crippen LogP contribution in [0, 0.1) is 10.1 Å². The minimum atomic E-state index is -0.691. The molecule has 0 radical (unpaired) electrons. The van der Waals surface area contributed by atoms with E-state index in [2.05, 4.69) is 0 Å². The Morgan fingerprint density at radius 3 is 2.72 bits per heavy atom. The number of phenols is 1. The Morgan fingerprint density at radius 2 is 2.04 bits per heavy atom. The lowest BCUT2D eigenvalue weighted by Gasteiger charge is -2.14. The van der Waals surface area contributed by atoms with Crippen LogP contribution in [0.3, 0.4) is 0 Å². The summed E-state index contributed by atoms with van der Waals surface area (Å²) in [7, 11) is 0. The van der Waals surface area contributed by atoms with Crippen LogP contribution in [0.2, 0.25) is 5.02 Å². The molecule has 2 aromatic rings. The fourth-order valence-corrected chi connectivity index (χ4v) is 3.72. The van der Waals surface area contributed by atoms with Crippen molar-refractivity contribution in [2.45, 2.75) is 0 Å². The SMILES string of the molecule is O=C1/C(=C\c2ccc(O)c([N+](=O)[O-])c2)SC(=S)N1c1cccc(Cl)c1. The Morgan fingerprint density at radius 1 is 1.28 bits per heavy atom. The van der Waals surface area contributed by atoms with Gasteiger partial charge in [0.25, 0.3) is 5.91 Å². The van der Waals surface area contributed by atoms with Crippen LogP contribution in [0.25, 0.3) is 6.08 Å². The highest BCUT2D eigenvalue weighted by molar-refractivity contribution is 8.27. The van der Waals surface area contributed by atoms with Gasteiger partial charge in [0, 0.05) is 11.1 Å². The van der Waals surface area contributed by atoms with E-state index in [4.69, 9.17) is 23.8 Å². The first kappa shape index (κ1) is 17.4. The molecule has 0 unspecified atom stereocenters. The van der Waals surface area contributed by atoms with E-state index in [-0.39, 0.29) is 5.91 Å². The van der Waals surface area contributed by atoms with Crippen molar-refractivity contribution in [2.75, 3.05) is 4.90 Å². The summed E-state index contributed by atoms with van der Waals surface area (Å²) in [5.74, 6) is -0.776. The largest absolute Gasteiger partial charge is 0.502 e. The molecule has 9 heteroatoms. The normalized spacial score (nSPS) is 15.9. The predicted molar refractivity (Wildman–Crippen MR) is 102 cm³/mol. The zero-order chi connectivity index (χ0) is 18.1. The molecule has 0 aromatic heterocycles. The molecule has 1 heterocycles. The van der Waals surface area contributed by atoms with E-state index in [0.29, 0.717) is 25.5 Å². The molecule has 2 aromatic carbocycles. The maximum Gasteiger partial charge on any atom is 0.311 e. The Kier molecular flexibility index (Phi) is 4.76. The summed E-state index contributed by atoms with van der Waals surface area (Å²) < 4.78 is 0.340. The highest BCUT2D eigenvalue weighted by Gasteiger charge is 2.33. The summed E-state index contributed by atoms with van der Waals surface area (Å²) in [6.07, 6.45) is 1.50. The third-order valence-corrected chi connectivity index (χ3v) is 4.89. The van der Waals surface area contributed by atoms with E-state index in [9.17, 15) is 20.0 Å². The van der Waals surface area contributed by atoms with Crippen LogP contribution in [0.1, 0.15) is 5.56 Å². The molecule has 1 amide bonds. The topological polar surface area (TPSA) is 83.7 Å². The van der Waals surface area contributed by atoms with Gasteiger partial charge in [0.05, 0.1) is 15.5 Å². The highest BCUT2D eigenvalue weighted by atomic mass is 35.5. The third kappa shape index (κ3) is 3.51. The maximum absolute atomic E-state index is 12.6. The van der Waals surface area contributed by atoms with Gasteiger partial charge >= 0.3 is 5.69 Å². The predicted octanol–water partition coefficient (Wildman–Crippen LogP) is 4.36. The van der Waals surface area contributed by atoms with Gasteiger partial charge in [0.15, 0.2) is 10.1 Å². The number of thiocarbonyl (C=S) groups is 1. The number of aromatic hydroxyl groups is 1. The first-order valence-corrected chi connectivity index (χ1v) is 8.48. The number of nitro groups is 1. The summed E-state index contributed by atoms with van der Waals surface area (Å²) in [6, 6.07) is 10.6. The summed E-state index contributed by atoms with van der Waals surface area (Å²) in [5, 5.41) is 20.9. The lowest BCUT2D eigenvalue weighted by Crippen LogP contribution is -2.27. The highest BCUT2D eigenvalue weighted by Crippen LogP contribution is 2.37. The minimum absolute atomic E-state index is 0.324. The van der Waals surface area contributed by atoms with Gasteiger partial charge in [0.1, 0.15) is 0 Å². The van der Waals surface area contributed by atoms with Crippen molar-refractivity contribution >= 4 is 63.3 Å². The van der Waals surface area contributed by atoms with Crippen LogP contribution in [0.4, 0.5) is 11.4 Å². The molecule has 0 saturated carbocycles. The van der Waals surface area contributed by atoms with Crippen molar-refractivity contribution in [3.05, 3.63) is 68.1 Å². The fraction of sp³-hybridized carbons (Fsp3) is 0. The number of nitro benzene ring substituents is 1. The fourth-order valence-electron chi connectivity index (χ4n) is 2.23. The van der Waals surface area contributed by atoms with Gasteiger partial charge in [-0.25, -0.2) is 0 Å². The minimum Gasteiger partial charge on any atom is -0.502 e. The van der Waals surface area contributed by atoms with Crippen LogP contribution in [0.5, 0.6) is 5.75 Å². The molecule has 1 fully saturated rings.